The Morgan fingerprint density at radius 1 is 1.00 bits per heavy atom. The van der Waals surface area contributed by atoms with Crippen LogP contribution in [0.5, 0.6) is 0 Å². The molecule has 0 unspecified atom stereocenters. The number of hydrogen-bond donors (Lipinski definition) is 1. The summed E-state index contributed by atoms with van der Waals surface area (Å²) in [5.41, 5.74) is 5.20. The van der Waals surface area contributed by atoms with E-state index in [1.807, 2.05) is 57.2 Å². The fraction of sp³-hybridized carbons (Fsp3) is 0.261. The van der Waals surface area contributed by atoms with Crippen molar-refractivity contribution < 1.29 is 4.79 Å². The van der Waals surface area contributed by atoms with Crippen LogP contribution in [0, 0.1) is 27.7 Å². The summed E-state index contributed by atoms with van der Waals surface area (Å²) in [6, 6.07) is 15.1. The predicted octanol–water partition coefficient (Wildman–Crippen LogP) is 3.88. The maximum atomic E-state index is 12.9. The molecule has 0 atom stereocenters. The van der Waals surface area contributed by atoms with Crippen LogP contribution in [-0.4, -0.2) is 22.5 Å². The van der Waals surface area contributed by atoms with Crippen LogP contribution >= 0.6 is 0 Å². The van der Waals surface area contributed by atoms with Crippen molar-refractivity contribution in [2.75, 3.05) is 17.3 Å². The Labute approximate surface area is 170 Å². The molecule has 3 rings (SSSR count). The number of nitrogens with zero attached hydrogens (tertiary/aromatic N) is 3. The van der Waals surface area contributed by atoms with Gasteiger partial charge in [-0.3, -0.25) is 14.2 Å². The van der Waals surface area contributed by atoms with Crippen molar-refractivity contribution in [1.82, 2.24) is 9.55 Å². The second kappa shape index (κ2) is 8.31. The Bertz CT molecular complexity index is 1100. The van der Waals surface area contributed by atoms with Crippen LogP contribution in [-0.2, 0) is 11.3 Å². The topological polar surface area (TPSA) is 67.2 Å². The Balaban J connectivity index is 1.92. The van der Waals surface area contributed by atoms with Crippen LogP contribution in [0.1, 0.15) is 22.4 Å². The Morgan fingerprint density at radius 3 is 2.34 bits per heavy atom. The highest BCUT2D eigenvalue weighted by molar-refractivity contribution is 5.92. The molecule has 0 saturated carbocycles. The molecule has 0 bridgehead atoms. The van der Waals surface area contributed by atoms with E-state index in [4.69, 9.17) is 0 Å². The zero-order valence-corrected chi connectivity index (χ0v) is 17.5. The third-order valence-corrected chi connectivity index (χ3v) is 4.67. The van der Waals surface area contributed by atoms with Crippen molar-refractivity contribution in [2.45, 2.75) is 34.2 Å². The minimum Gasteiger partial charge on any atom is -0.325 e. The van der Waals surface area contributed by atoms with Crippen molar-refractivity contribution in [3.8, 4) is 0 Å². The average molecular weight is 390 g/mol. The van der Waals surface area contributed by atoms with Crippen molar-refractivity contribution in [3.63, 3.8) is 0 Å². The maximum Gasteiger partial charge on any atom is 0.255 e. The monoisotopic (exact) mass is 390 g/mol. The SMILES string of the molecule is Cc1cc(C)cc(Nc2nc(C)cc(=O)n2CC(=O)N(C)c2cccc(C)c2)c1. The first-order valence-electron chi connectivity index (χ1n) is 9.50. The first kappa shape index (κ1) is 20.3. The first-order valence-corrected chi connectivity index (χ1v) is 9.50. The lowest BCUT2D eigenvalue weighted by atomic mass is 10.1. The van der Waals surface area contributed by atoms with Gasteiger partial charge in [0.15, 0.2) is 0 Å². The normalized spacial score (nSPS) is 10.7. The average Bonchev–Trinajstić information content (AvgIpc) is 2.63. The third kappa shape index (κ3) is 4.90. The van der Waals surface area contributed by atoms with Gasteiger partial charge in [0.05, 0.1) is 0 Å². The molecule has 0 radical (unpaired) electrons. The minimum absolute atomic E-state index is 0.107. The summed E-state index contributed by atoms with van der Waals surface area (Å²) in [6.07, 6.45) is 0. The Kier molecular flexibility index (Phi) is 5.82. The summed E-state index contributed by atoms with van der Waals surface area (Å²) in [4.78, 5) is 31.6. The van der Waals surface area contributed by atoms with Crippen molar-refractivity contribution in [2.24, 2.45) is 0 Å². The van der Waals surface area contributed by atoms with Gasteiger partial charge >= 0.3 is 0 Å². The molecule has 2 aromatic carbocycles. The first-order chi connectivity index (χ1) is 13.7. The Morgan fingerprint density at radius 2 is 1.69 bits per heavy atom. The quantitative estimate of drug-likeness (QED) is 0.718. The second-order valence-electron chi connectivity index (χ2n) is 7.44. The van der Waals surface area contributed by atoms with Crippen LogP contribution in [0.15, 0.2) is 53.3 Å². The molecule has 0 saturated heterocycles. The maximum absolute atomic E-state index is 12.9. The van der Waals surface area contributed by atoms with E-state index in [1.54, 1.807) is 18.9 Å². The van der Waals surface area contributed by atoms with E-state index >= 15 is 0 Å². The number of aromatic nitrogens is 2. The van der Waals surface area contributed by atoms with Crippen LogP contribution in [0.3, 0.4) is 0 Å². The highest BCUT2D eigenvalue weighted by Crippen LogP contribution is 2.19. The van der Waals surface area contributed by atoms with Crippen molar-refractivity contribution >= 4 is 23.2 Å². The van der Waals surface area contributed by atoms with Gasteiger partial charge < -0.3 is 10.2 Å². The van der Waals surface area contributed by atoms with Gasteiger partial charge in [0.25, 0.3) is 5.56 Å². The van der Waals surface area contributed by atoms with E-state index in [1.165, 1.54) is 10.6 Å². The number of nitrogens with one attached hydrogen (secondary N) is 1. The van der Waals surface area contributed by atoms with Gasteiger partial charge in [0.1, 0.15) is 6.54 Å². The molecule has 1 aromatic heterocycles. The molecule has 0 aliphatic carbocycles. The van der Waals surface area contributed by atoms with Crippen LogP contribution in [0.2, 0.25) is 0 Å². The molecule has 1 heterocycles. The van der Waals surface area contributed by atoms with Crippen molar-refractivity contribution in [1.29, 1.82) is 0 Å². The number of benzene rings is 2. The zero-order chi connectivity index (χ0) is 21.1. The molecule has 3 aromatic rings. The van der Waals surface area contributed by atoms with E-state index < -0.39 is 0 Å². The zero-order valence-electron chi connectivity index (χ0n) is 17.5. The van der Waals surface area contributed by atoms with Gasteiger partial charge in [-0.1, -0.05) is 18.2 Å². The number of carbonyl (C=O) groups is 1. The molecule has 0 aliphatic heterocycles. The van der Waals surface area contributed by atoms with Gasteiger partial charge in [0, 0.05) is 30.2 Å². The number of likely N-dealkylation sites (N-methyl/N-ethyl adjacent to an activating group) is 1. The van der Waals surface area contributed by atoms with Gasteiger partial charge in [0.2, 0.25) is 11.9 Å². The molecule has 29 heavy (non-hydrogen) atoms. The molecular formula is C23H26N4O2. The van der Waals surface area contributed by atoms with Crippen LogP contribution in [0.25, 0.3) is 0 Å². The van der Waals surface area contributed by atoms with Gasteiger partial charge in [-0.25, -0.2) is 4.98 Å². The summed E-state index contributed by atoms with van der Waals surface area (Å²) >= 11 is 0. The summed E-state index contributed by atoms with van der Waals surface area (Å²) in [6.45, 7) is 7.65. The molecular weight excluding hydrogens is 364 g/mol. The lowest BCUT2D eigenvalue weighted by Crippen LogP contribution is -2.35. The summed E-state index contributed by atoms with van der Waals surface area (Å²) in [5.74, 6) is 0.151. The molecule has 6 heteroatoms. The summed E-state index contributed by atoms with van der Waals surface area (Å²) in [5, 5.41) is 3.21. The van der Waals surface area contributed by atoms with Gasteiger partial charge in [-0.15, -0.1) is 0 Å². The third-order valence-electron chi connectivity index (χ3n) is 4.67. The number of rotatable bonds is 5. The number of carbonyl (C=O) groups excluding carboxylic acids is 1. The largest absolute Gasteiger partial charge is 0.325 e. The van der Waals surface area contributed by atoms with Crippen LogP contribution < -0.4 is 15.8 Å². The number of anilines is 3. The second-order valence-corrected chi connectivity index (χ2v) is 7.44. The van der Waals surface area contributed by atoms with Crippen molar-refractivity contribution in [3.05, 3.63) is 81.3 Å². The minimum atomic E-state index is -0.268. The molecule has 0 aliphatic rings. The van der Waals surface area contributed by atoms with Gasteiger partial charge in [-0.2, -0.15) is 0 Å². The summed E-state index contributed by atoms with van der Waals surface area (Å²) < 4.78 is 1.37. The highest BCUT2D eigenvalue weighted by Gasteiger charge is 2.16. The number of aryl methyl sites for hydroxylation is 4. The van der Waals surface area contributed by atoms with Gasteiger partial charge in [-0.05, 0) is 68.7 Å². The fourth-order valence-corrected chi connectivity index (χ4v) is 3.27. The molecule has 6 nitrogen and oxygen atoms in total. The molecule has 1 amide bonds. The van der Waals surface area contributed by atoms with E-state index in [0.29, 0.717) is 11.6 Å². The fourth-order valence-electron chi connectivity index (χ4n) is 3.27. The molecule has 1 N–H and O–H groups in total. The molecule has 0 fully saturated rings. The number of amides is 1. The molecule has 0 spiro atoms. The van der Waals surface area contributed by atoms with E-state index in [0.717, 1.165) is 28.1 Å². The standard InChI is InChI=1S/C23H26N4O2/c1-15-7-6-8-20(12-15)26(5)22(29)14-27-21(28)13-18(4)24-23(27)25-19-10-16(2)9-17(3)11-19/h6-13H,14H2,1-5H3,(H,24,25). The van der Waals surface area contributed by atoms with Crippen LogP contribution in [0.4, 0.5) is 17.3 Å². The highest BCUT2D eigenvalue weighted by atomic mass is 16.2. The lowest BCUT2D eigenvalue weighted by Gasteiger charge is -2.20. The Hall–Kier alpha value is -3.41. The smallest absolute Gasteiger partial charge is 0.255 e. The summed E-state index contributed by atoms with van der Waals surface area (Å²) in [7, 11) is 1.71. The predicted molar refractivity (Wildman–Crippen MR) is 117 cm³/mol. The lowest BCUT2D eigenvalue weighted by molar-refractivity contribution is -0.118. The van der Waals surface area contributed by atoms with E-state index in [2.05, 4.69) is 16.4 Å². The van der Waals surface area contributed by atoms with E-state index in [-0.39, 0.29) is 18.0 Å². The van der Waals surface area contributed by atoms with E-state index in [9.17, 15) is 9.59 Å². The molecule has 150 valence electrons. The number of hydrogen-bond acceptors (Lipinski definition) is 4.